The van der Waals surface area contributed by atoms with E-state index in [-0.39, 0.29) is 6.04 Å². The average molecular weight is 519 g/mol. The van der Waals surface area contributed by atoms with Crippen molar-refractivity contribution >= 4 is 21.2 Å². The van der Waals surface area contributed by atoms with Crippen LogP contribution in [0, 0.1) is 0 Å². The number of hydrogen-bond acceptors (Lipinski definition) is 4. The van der Waals surface area contributed by atoms with Crippen LogP contribution in [0.25, 0.3) is 5.57 Å². The highest BCUT2D eigenvalue weighted by Crippen LogP contribution is 2.32. The summed E-state index contributed by atoms with van der Waals surface area (Å²) in [7, 11) is -3.49. The first kappa shape index (κ1) is 27.7. The molecule has 2 aromatic rings. The molecular weight excluding hydrogens is 485 g/mol. The smallest absolute Gasteiger partial charge is 0.367 e. The van der Waals surface area contributed by atoms with E-state index in [1.807, 2.05) is 32.1 Å². The topological polar surface area (TPSA) is 59.1 Å². The van der Waals surface area contributed by atoms with Gasteiger partial charge in [0.15, 0.2) is 9.84 Å². The molecule has 1 aliphatic carbocycles. The Labute approximate surface area is 212 Å². The van der Waals surface area contributed by atoms with Gasteiger partial charge in [-0.15, -0.1) is 0 Å². The van der Waals surface area contributed by atoms with Gasteiger partial charge in [-0.3, -0.25) is 0 Å². The number of allylic oxidation sites excluding steroid dienone is 5. The molecule has 8 heteroatoms. The van der Waals surface area contributed by atoms with Gasteiger partial charge in [0.25, 0.3) is 0 Å². The highest BCUT2D eigenvalue weighted by molar-refractivity contribution is 7.92. The Morgan fingerprint density at radius 1 is 1.11 bits per heavy atom. The maximum atomic E-state index is 13.3. The third-order valence-electron chi connectivity index (χ3n) is 6.64. The summed E-state index contributed by atoms with van der Waals surface area (Å²) < 4.78 is 64.7. The monoisotopic (exact) mass is 518 g/mol. The third-order valence-corrected chi connectivity index (χ3v) is 8.92. The minimum atomic E-state index is -4.43. The molecule has 1 aromatic heterocycles. The fourth-order valence-electron chi connectivity index (χ4n) is 4.45. The van der Waals surface area contributed by atoms with Crippen LogP contribution in [0.2, 0.25) is 0 Å². The molecule has 0 spiro atoms. The summed E-state index contributed by atoms with van der Waals surface area (Å²) in [6, 6.07) is 9.29. The van der Waals surface area contributed by atoms with E-state index >= 15 is 0 Å². The summed E-state index contributed by atoms with van der Waals surface area (Å²) in [5.41, 5.74) is 3.32. The van der Waals surface area contributed by atoms with Crippen LogP contribution in [0.5, 0.6) is 0 Å². The number of anilines is 1. The van der Waals surface area contributed by atoms with Crippen molar-refractivity contribution in [2.45, 2.75) is 75.2 Å². The molecule has 1 fully saturated rings. The molecule has 0 radical (unpaired) electrons. The Bertz CT molecular complexity index is 1220. The van der Waals surface area contributed by atoms with Crippen molar-refractivity contribution in [1.82, 2.24) is 4.98 Å². The van der Waals surface area contributed by atoms with Crippen LogP contribution in [0.1, 0.15) is 64.0 Å². The van der Waals surface area contributed by atoms with Gasteiger partial charge in [0.1, 0.15) is 5.82 Å². The van der Waals surface area contributed by atoms with Gasteiger partial charge in [-0.1, -0.05) is 43.4 Å². The van der Waals surface area contributed by atoms with Crippen LogP contribution >= 0.6 is 0 Å². The van der Waals surface area contributed by atoms with Crippen molar-refractivity contribution in [1.29, 1.82) is 0 Å². The van der Waals surface area contributed by atoms with Crippen molar-refractivity contribution in [2.24, 2.45) is 0 Å². The first-order valence-corrected chi connectivity index (χ1v) is 13.7. The predicted molar refractivity (Wildman–Crippen MR) is 139 cm³/mol. The van der Waals surface area contributed by atoms with E-state index in [0.717, 1.165) is 41.0 Å². The van der Waals surface area contributed by atoms with E-state index in [0.29, 0.717) is 36.4 Å². The molecule has 0 amide bonds. The van der Waals surface area contributed by atoms with E-state index in [1.165, 1.54) is 6.07 Å². The minimum Gasteiger partial charge on any atom is -0.367 e. The van der Waals surface area contributed by atoms with E-state index in [1.54, 1.807) is 12.1 Å². The summed E-state index contributed by atoms with van der Waals surface area (Å²) in [6.45, 7) is 10.0. The summed E-state index contributed by atoms with van der Waals surface area (Å²) in [4.78, 5) is 4.16. The highest BCUT2D eigenvalue weighted by atomic mass is 32.2. The van der Waals surface area contributed by atoms with E-state index < -0.39 is 26.8 Å². The number of halogens is 3. The second kappa shape index (κ2) is 11.5. The largest absolute Gasteiger partial charge is 0.417 e. The van der Waals surface area contributed by atoms with Crippen molar-refractivity contribution in [3.8, 4) is 0 Å². The van der Waals surface area contributed by atoms with Crippen LogP contribution in [-0.4, -0.2) is 24.7 Å². The van der Waals surface area contributed by atoms with Crippen LogP contribution < -0.4 is 5.32 Å². The fraction of sp³-hybridized carbons (Fsp3) is 0.393. The highest BCUT2D eigenvalue weighted by Gasteiger charge is 2.33. The molecule has 1 N–H and O–H groups in total. The number of aromatic nitrogens is 1. The lowest BCUT2D eigenvalue weighted by molar-refractivity contribution is -0.137. The molecule has 0 bridgehead atoms. The quantitative estimate of drug-likeness (QED) is 0.365. The maximum absolute atomic E-state index is 13.3. The molecule has 0 unspecified atom stereocenters. The lowest BCUT2D eigenvalue weighted by Gasteiger charge is -2.29. The first-order chi connectivity index (χ1) is 17.0. The van der Waals surface area contributed by atoms with Gasteiger partial charge in [0, 0.05) is 12.2 Å². The van der Waals surface area contributed by atoms with Crippen LogP contribution in [0.3, 0.4) is 0 Å². The molecule has 1 saturated carbocycles. The van der Waals surface area contributed by atoms with Crippen LogP contribution in [0.4, 0.5) is 19.0 Å². The standard InChI is InChI=1S/C28H33F3N2O2S/c1-5-20(19(3)4)17-21(6-2)22-7-12-25(13-8-22)36(34,35)26-14-10-24(11-15-26)33-27-16-9-23(18-32-27)28(29,30)31/h6-9,12-13,16-18,24,26H,3,5,10-11,14-15H2,1-2,4H3,(H,32,33)/b20-17-,21-6?. The van der Waals surface area contributed by atoms with Crippen LogP contribution in [-0.2, 0) is 16.0 Å². The van der Waals surface area contributed by atoms with Gasteiger partial charge in [0.2, 0.25) is 0 Å². The van der Waals surface area contributed by atoms with E-state index in [9.17, 15) is 21.6 Å². The number of benzene rings is 1. The zero-order chi connectivity index (χ0) is 26.5. The van der Waals surface area contributed by atoms with Crippen molar-refractivity contribution in [3.05, 3.63) is 83.6 Å². The average Bonchev–Trinajstić information content (AvgIpc) is 2.85. The van der Waals surface area contributed by atoms with Gasteiger partial charge in [-0.05, 0) is 86.9 Å². The number of nitrogens with zero attached hydrogens (tertiary/aromatic N) is 1. The van der Waals surface area contributed by atoms with Gasteiger partial charge in [-0.25, -0.2) is 13.4 Å². The normalized spacial score (nSPS) is 19.7. The molecule has 0 atom stereocenters. The zero-order valence-corrected chi connectivity index (χ0v) is 21.7. The molecule has 36 heavy (non-hydrogen) atoms. The van der Waals surface area contributed by atoms with Gasteiger partial charge < -0.3 is 5.32 Å². The second-order valence-corrected chi connectivity index (χ2v) is 11.4. The molecular formula is C28H33F3N2O2S. The Balaban J connectivity index is 1.64. The number of nitrogens with one attached hydrogen (secondary N) is 1. The number of alkyl halides is 3. The van der Waals surface area contributed by atoms with Crippen LogP contribution in [0.15, 0.2) is 77.4 Å². The van der Waals surface area contributed by atoms with Gasteiger partial charge >= 0.3 is 6.18 Å². The minimum absolute atomic E-state index is 0.0341. The summed E-state index contributed by atoms with van der Waals surface area (Å²) in [5.74, 6) is 0.358. The van der Waals surface area contributed by atoms with Gasteiger partial charge in [-0.2, -0.15) is 13.2 Å². The molecule has 0 saturated heterocycles. The zero-order valence-electron chi connectivity index (χ0n) is 20.9. The molecule has 1 heterocycles. The van der Waals surface area contributed by atoms with E-state index in [2.05, 4.69) is 29.9 Å². The Kier molecular flexibility index (Phi) is 8.82. The lowest BCUT2D eigenvalue weighted by atomic mass is 9.95. The second-order valence-electron chi connectivity index (χ2n) is 9.16. The summed E-state index contributed by atoms with van der Waals surface area (Å²) in [5, 5.41) is 2.65. The number of sulfone groups is 1. The lowest BCUT2D eigenvalue weighted by Crippen LogP contribution is -2.33. The molecule has 4 nitrogen and oxygen atoms in total. The van der Waals surface area contributed by atoms with Crippen molar-refractivity contribution < 1.29 is 21.6 Å². The first-order valence-electron chi connectivity index (χ1n) is 12.1. The Morgan fingerprint density at radius 2 is 1.75 bits per heavy atom. The van der Waals surface area contributed by atoms with Crippen molar-refractivity contribution in [2.75, 3.05) is 5.32 Å². The molecule has 3 rings (SSSR count). The van der Waals surface area contributed by atoms with Crippen molar-refractivity contribution in [3.63, 3.8) is 0 Å². The Morgan fingerprint density at radius 3 is 2.22 bits per heavy atom. The molecule has 194 valence electrons. The summed E-state index contributed by atoms with van der Waals surface area (Å²) >= 11 is 0. The Hall–Kier alpha value is -2.87. The number of pyridine rings is 1. The molecule has 0 aliphatic heterocycles. The van der Waals surface area contributed by atoms with Gasteiger partial charge in [0.05, 0.1) is 15.7 Å². The molecule has 1 aliphatic rings. The maximum Gasteiger partial charge on any atom is 0.417 e. The third kappa shape index (κ3) is 6.66. The SMILES string of the molecule is C=C(C)/C(=C\C(=CC)c1ccc(S(=O)(=O)C2CCC(Nc3ccc(C(F)(F)F)cn3)CC2)cc1)CC. The predicted octanol–water partition coefficient (Wildman–Crippen LogP) is 7.61. The molecule has 1 aromatic carbocycles. The summed E-state index contributed by atoms with van der Waals surface area (Å²) in [6.07, 6.45) is 3.48. The number of rotatable bonds is 8. The number of hydrogen-bond donors (Lipinski definition) is 1. The fourth-order valence-corrected chi connectivity index (χ4v) is 6.24. The van der Waals surface area contributed by atoms with E-state index in [4.69, 9.17) is 0 Å².